The quantitative estimate of drug-likeness (QED) is 0.754. The zero-order valence-corrected chi connectivity index (χ0v) is 14.6. The predicted molar refractivity (Wildman–Crippen MR) is 87.2 cm³/mol. The number of nitrogens with one attached hydrogen (secondary N) is 1. The van der Waals surface area contributed by atoms with Gasteiger partial charge in [-0.3, -0.25) is 4.79 Å². The molecule has 0 saturated heterocycles. The molecular weight excluding hydrogens is 285 g/mol. The summed E-state index contributed by atoms with van der Waals surface area (Å²) in [5, 5.41) is 2.94. The molecule has 1 amide bonds. The van der Waals surface area contributed by atoms with Crippen LogP contribution >= 0.6 is 24.8 Å². The van der Waals surface area contributed by atoms with Crippen LogP contribution in [-0.4, -0.2) is 43.5 Å². The Kier molecular flexibility index (Phi) is 14.9. The summed E-state index contributed by atoms with van der Waals surface area (Å²) in [4.78, 5) is 13.9. The molecule has 0 bridgehead atoms. The molecular formula is C13H31Cl2N3O. The molecule has 6 heteroatoms. The van der Waals surface area contributed by atoms with Crippen LogP contribution in [0.2, 0.25) is 0 Å². The fourth-order valence-electron chi connectivity index (χ4n) is 1.66. The maximum Gasteiger partial charge on any atom is 0.237 e. The Labute approximate surface area is 130 Å². The minimum absolute atomic E-state index is 0. The number of hydrogen-bond donors (Lipinski definition) is 2. The summed E-state index contributed by atoms with van der Waals surface area (Å²) in [5.74, 6) is 0.756. The van der Waals surface area contributed by atoms with Crippen molar-refractivity contribution in [3.63, 3.8) is 0 Å². The predicted octanol–water partition coefficient (Wildman–Crippen LogP) is 1.91. The van der Waals surface area contributed by atoms with Crippen LogP contribution in [0.1, 0.15) is 34.1 Å². The molecule has 3 N–H and O–H groups in total. The Balaban J connectivity index is -0.00000128. The van der Waals surface area contributed by atoms with E-state index in [9.17, 15) is 4.79 Å². The van der Waals surface area contributed by atoms with Gasteiger partial charge in [0, 0.05) is 12.6 Å². The fraction of sp³-hybridized carbons (Fsp3) is 0.923. The van der Waals surface area contributed by atoms with E-state index in [1.54, 1.807) is 0 Å². The number of amides is 1. The number of nitrogens with two attached hydrogens (primary N) is 1. The molecule has 0 aliphatic heterocycles. The van der Waals surface area contributed by atoms with Crippen LogP contribution in [-0.2, 0) is 4.79 Å². The third-order valence-corrected chi connectivity index (χ3v) is 3.01. The summed E-state index contributed by atoms with van der Waals surface area (Å²) in [6.45, 7) is 8.98. The van der Waals surface area contributed by atoms with Crippen molar-refractivity contribution in [3.05, 3.63) is 0 Å². The minimum atomic E-state index is -0.406. The first-order chi connectivity index (χ1) is 7.75. The molecule has 118 valence electrons. The van der Waals surface area contributed by atoms with Crippen LogP contribution in [0, 0.1) is 11.8 Å². The van der Waals surface area contributed by atoms with Crippen molar-refractivity contribution in [2.24, 2.45) is 17.6 Å². The monoisotopic (exact) mass is 315 g/mol. The second-order valence-electron chi connectivity index (χ2n) is 5.76. The molecule has 0 spiro atoms. The van der Waals surface area contributed by atoms with E-state index >= 15 is 0 Å². The van der Waals surface area contributed by atoms with Gasteiger partial charge in [-0.2, -0.15) is 0 Å². The summed E-state index contributed by atoms with van der Waals surface area (Å²) in [6, 6.07) is -0.0322. The van der Waals surface area contributed by atoms with Crippen LogP contribution < -0.4 is 11.1 Å². The van der Waals surface area contributed by atoms with Gasteiger partial charge >= 0.3 is 0 Å². The van der Waals surface area contributed by atoms with Crippen molar-refractivity contribution in [2.45, 2.75) is 46.2 Å². The lowest BCUT2D eigenvalue weighted by molar-refractivity contribution is -0.123. The number of halogens is 2. The lowest BCUT2D eigenvalue weighted by Gasteiger charge is -2.27. The van der Waals surface area contributed by atoms with E-state index < -0.39 is 6.04 Å². The first kappa shape index (κ1) is 24.0. The first-order valence-corrected chi connectivity index (χ1v) is 6.45. The molecule has 19 heavy (non-hydrogen) atoms. The molecule has 1 unspecified atom stereocenters. The van der Waals surface area contributed by atoms with E-state index in [1.165, 1.54) is 0 Å². The number of carbonyl (C=O) groups is 1. The van der Waals surface area contributed by atoms with Crippen molar-refractivity contribution in [1.82, 2.24) is 10.2 Å². The Morgan fingerprint density at radius 2 is 1.63 bits per heavy atom. The van der Waals surface area contributed by atoms with E-state index in [1.807, 2.05) is 27.9 Å². The van der Waals surface area contributed by atoms with Crippen LogP contribution in [0.15, 0.2) is 0 Å². The number of nitrogens with zero attached hydrogens (tertiary/aromatic N) is 1. The van der Waals surface area contributed by atoms with Crippen LogP contribution in [0.3, 0.4) is 0 Å². The maximum absolute atomic E-state index is 11.7. The Morgan fingerprint density at radius 3 is 1.95 bits per heavy atom. The SMILES string of the molecule is CC(C)CC(CNC(=O)[C@@H](N)C(C)C)N(C)C.Cl.Cl. The molecule has 0 saturated carbocycles. The fourth-order valence-corrected chi connectivity index (χ4v) is 1.66. The second-order valence-corrected chi connectivity index (χ2v) is 5.76. The van der Waals surface area contributed by atoms with Gasteiger partial charge in [0.1, 0.15) is 0 Å². The van der Waals surface area contributed by atoms with Gasteiger partial charge in [0.05, 0.1) is 6.04 Å². The van der Waals surface area contributed by atoms with E-state index in [0.717, 1.165) is 6.42 Å². The highest BCUT2D eigenvalue weighted by Crippen LogP contribution is 2.08. The topological polar surface area (TPSA) is 58.4 Å². The van der Waals surface area contributed by atoms with Gasteiger partial charge in [0.15, 0.2) is 0 Å². The Hall–Kier alpha value is -0.0300. The molecule has 0 aromatic carbocycles. The van der Waals surface area contributed by atoms with Gasteiger partial charge in [-0.25, -0.2) is 0 Å². The van der Waals surface area contributed by atoms with Crippen molar-refractivity contribution >= 4 is 30.7 Å². The maximum atomic E-state index is 11.7. The van der Waals surface area contributed by atoms with Crippen molar-refractivity contribution in [2.75, 3.05) is 20.6 Å². The summed E-state index contributed by atoms with van der Waals surface area (Å²) in [7, 11) is 4.09. The summed E-state index contributed by atoms with van der Waals surface area (Å²) >= 11 is 0. The molecule has 0 heterocycles. The number of carbonyl (C=O) groups excluding carboxylic acids is 1. The van der Waals surface area contributed by atoms with Gasteiger partial charge < -0.3 is 16.0 Å². The lowest BCUT2D eigenvalue weighted by Crippen LogP contribution is -2.48. The largest absolute Gasteiger partial charge is 0.353 e. The van der Waals surface area contributed by atoms with Gasteiger partial charge in [0.25, 0.3) is 0 Å². The van der Waals surface area contributed by atoms with Crippen LogP contribution in [0.4, 0.5) is 0 Å². The molecule has 0 aliphatic carbocycles. The van der Waals surface area contributed by atoms with E-state index in [2.05, 4.69) is 24.1 Å². The van der Waals surface area contributed by atoms with Crippen molar-refractivity contribution in [3.8, 4) is 0 Å². The number of likely N-dealkylation sites (N-methyl/N-ethyl adjacent to an activating group) is 1. The Bertz CT molecular complexity index is 236. The molecule has 0 radical (unpaired) electrons. The molecule has 2 atom stereocenters. The average molecular weight is 316 g/mol. The third-order valence-electron chi connectivity index (χ3n) is 3.01. The minimum Gasteiger partial charge on any atom is -0.353 e. The van der Waals surface area contributed by atoms with E-state index in [-0.39, 0.29) is 36.6 Å². The van der Waals surface area contributed by atoms with Crippen molar-refractivity contribution in [1.29, 1.82) is 0 Å². The molecule has 0 rings (SSSR count). The lowest BCUT2D eigenvalue weighted by atomic mass is 10.0. The standard InChI is InChI=1S/C13H29N3O.2ClH/c1-9(2)7-11(16(5)6)8-15-13(17)12(14)10(3)4;;/h9-12H,7-8,14H2,1-6H3,(H,15,17);2*1H/t11?,12-;;/m0../s1. The second kappa shape index (κ2) is 11.8. The highest BCUT2D eigenvalue weighted by molar-refractivity contribution is 5.85. The normalized spacial score (nSPS) is 13.8. The highest BCUT2D eigenvalue weighted by Gasteiger charge is 2.19. The zero-order chi connectivity index (χ0) is 13.6. The molecule has 0 fully saturated rings. The van der Waals surface area contributed by atoms with Gasteiger partial charge in [-0.05, 0) is 32.4 Å². The molecule has 4 nitrogen and oxygen atoms in total. The summed E-state index contributed by atoms with van der Waals surface area (Å²) < 4.78 is 0. The van der Waals surface area contributed by atoms with Crippen LogP contribution in [0.5, 0.6) is 0 Å². The average Bonchev–Trinajstić information content (AvgIpc) is 2.21. The smallest absolute Gasteiger partial charge is 0.237 e. The molecule has 0 aromatic rings. The van der Waals surface area contributed by atoms with E-state index in [4.69, 9.17) is 5.73 Å². The number of hydrogen-bond acceptors (Lipinski definition) is 3. The molecule has 0 aromatic heterocycles. The van der Waals surface area contributed by atoms with Gasteiger partial charge in [0.2, 0.25) is 5.91 Å². The molecule has 0 aliphatic rings. The third kappa shape index (κ3) is 10.4. The van der Waals surface area contributed by atoms with E-state index in [0.29, 0.717) is 18.5 Å². The first-order valence-electron chi connectivity index (χ1n) is 6.45. The Morgan fingerprint density at radius 1 is 1.16 bits per heavy atom. The summed E-state index contributed by atoms with van der Waals surface area (Å²) in [6.07, 6.45) is 1.07. The van der Waals surface area contributed by atoms with Crippen LogP contribution in [0.25, 0.3) is 0 Å². The van der Waals surface area contributed by atoms with Gasteiger partial charge in [-0.1, -0.05) is 27.7 Å². The highest BCUT2D eigenvalue weighted by atomic mass is 35.5. The number of rotatable bonds is 7. The zero-order valence-electron chi connectivity index (χ0n) is 13.0. The van der Waals surface area contributed by atoms with Gasteiger partial charge in [-0.15, -0.1) is 24.8 Å². The summed E-state index contributed by atoms with van der Waals surface area (Å²) in [5.41, 5.74) is 5.80. The van der Waals surface area contributed by atoms with Crippen molar-refractivity contribution < 1.29 is 4.79 Å².